The number of ether oxygens (including phenoxy) is 1. The third kappa shape index (κ3) is 4.30. The highest BCUT2D eigenvalue weighted by molar-refractivity contribution is 5.85. The zero-order chi connectivity index (χ0) is 13.1. The van der Waals surface area contributed by atoms with Crippen LogP contribution in [0.3, 0.4) is 0 Å². The number of rotatable bonds is 4. The van der Waals surface area contributed by atoms with Gasteiger partial charge in [0.25, 0.3) is 0 Å². The van der Waals surface area contributed by atoms with Gasteiger partial charge in [-0.25, -0.2) is 4.79 Å². The maximum Gasteiger partial charge on any atom is 0.352 e. The maximum atomic E-state index is 11.5. The van der Waals surface area contributed by atoms with Crippen LogP contribution >= 0.6 is 0 Å². The molecule has 0 spiro atoms. The van der Waals surface area contributed by atoms with E-state index in [-0.39, 0.29) is 18.1 Å². The molecule has 0 unspecified atom stereocenters. The van der Waals surface area contributed by atoms with Crippen molar-refractivity contribution in [2.75, 3.05) is 0 Å². The fourth-order valence-corrected chi connectivity index (χ4v) is 1.41. The minimum absolute atomic E-state index is 0.159. The van der Waals surface area contributed by atoms with Crippen LogP contribution in [0.1, 0.15) is 37.7 Å². The predicted molar refractivity (Wildman–Crippen MR) is 61.9 cm³/mol. The number of nitrogens with zero attached hydrogens (tertiary/aromatic N) is 1. The fraction of sp³-hybridized carbons (Fsp3) is 0.500. The van der Waals surface area contributed by atoms with Gasteiger partial charge in [-0.2, -0.15) is 0 Å². The molecule has 1 aromatic rings. The third-order valence-electron chi connectivity index (χ3n) is 2.03. The molecule has 1 N–H and O–H groups in total. The number of carbonyl (C=O) groups excluding carboxylic acids is 1. The van der Waals surface area contributed by atoms with Gasteiger partial charge >= 0.3 is 11.9 Å². The van der Waals surface area contributed by atoms with E-state index in [0.29, 0.717) is 6.54 Å². The predicted octanol–water partition coefficient (Wildman–Crippen LogP) is 1.92. The van der Waals surface area contributed by atoms with Gasteiger partial charge in [-0.05, 0) is 32.9 Å². The van der Waals surface area contributed by atoms with Gasteiger partial charge in [0, 0.05) is 12.7 Å². The van der Waals surface area contributed by atoms with Gasteiger partial charge in [0.1, 0.15) is 11.3 Å². The monoisotopic (exact) mass is 239 g/mol. The molecule has 5 nitrogen and oxygen atoms in total. The van der Waals surface area contributed by atoms with Crippen molar-refractivity contribution in [2.24, 2.45) is 0 Å². The second kappa shape index (κ2) is 5.03. The molecule has 0 aromatic carbocycles. The molecule has 5 heteroatoms. The van der Waals surface area contributed by atoms with E-state index in [9.17, 15) is 9.59 Å². The molecular weight excluding hydrogens is 222 g/mol. The molecule has 0 radical (unpaired) electrons. The van der Waals surface area contributed by atoms with Crippen molar-refractivity contribution in [1.29, 1.82) is 0 Å². The Morgan fingerprint density at radius 3 is 2.59 bits per heavy atom. The Morgan fingerprint density at radius 2 is 2.06 bits per heavy atom. The number of carboxylic acids is 1. The number of aromatic carboxylic acids is 1. The van der Waals surface area contributed by atoms with Crippen molar-refractivity contribution in [3.63, 3.8) is 0 Å². The van der Waals surface area contributed by atoms with Crippen LogP contribution in [-0.2, 0) is 16.1 Å². The van der Waals surface area contributed by atoms with E-state index in [2.05, 4.69) is 0 Å². The molecule has 0 saturated heterocycles. The average molecular weight is 239 g/mol. The standard InChI is InChI=1S/C12H17NO4/c1-12(2,3)17-10(14)6-8-13-7-4-5-9(13)11(15)16/h4-5,7H,6,8H2,1-3H3,(H,15,16). The summed E-state index contributed by atoms with van der Waals surface area (Å²) < 4.78 is 6.66. The van der Waals surface area contributed by atoms with E-state index in [1.54, 1.807) is 33.0 Å². The quantitative estimate of drug-likeness (QED) is 0.815. The summed E-state index contributed by atoms with van der Waals surface area (Å²) in [6.45, 7) is 5.69. The van der Waals surface area contributed by atoms with E-state index >= 15 is 0 Å². The minimum atomic E-state index is -1.00. The summed E-state index contributed by atoms with van der Waals surface area (Å²) in [6.07, 6.45) is 1.79. The van der Waals surface area contributed by atoms with Crippen LogP contribution in [0.4, 0.5) is 0 Å². The van der Waals surface area contributed by atoms with Crippen LogP contribution in [0.25, 0.3) is 0 Å². The van der Waals surface area contributed by atoms with Crippen molar-refractivity contribution in [2.45, 2.75) is 39.3 Å². The molecule has 94 valence electrons. The topological polar surface area (TPSA) is 68.5 Å². The molecule has 0 aliphatic rings. The summed E-state index contributed by atoms with van der Waals surface area (Å²) in [5, 5.41) is 8.87. The van der Waals surface area contributed by atoms with Gasteiger partial charge in [0.05, 0.1) is 6.42 Å². The minimum Gasteiger partial charge on any atom is -0.477 e. The number of carboxylic acid groups (broad SMARTS) is 1. The first kappa shape index (κ1) is 13.3. The summed E-state index contributed by atoms with van der Waals surface area (Å²) in [4.78, 5) is 22.3. The number of aryl methyl sites for hydroxylation is 1. The largest absolute Gasteiger partial charge is 0.477 e. The Hall–Kier alpha value is -1.78. The average Bonchev–Trinajstić information content (AvgIpc) is 2.59. The van der Waals surface area contributed by atoms with Gasteiger partial charge in [0.2, 0.25) is 0 Å². The van der Waals surface area contributed by atoms with Crippen LogP contribution < -0.4 is 0 Å². The lowest BCUT2D eigenvalue weighted by atomic mass is 10.2. The molecule has 1 heterocycles. The highest BCUT2D eigenvalue weighted by atomic mass is 16.6. The Bertz CT molecular complexity index is 414. The van der Waals surface area contributed by atoms with Gasteiger partial charge in [-0.1, -0.05) is 0 Å². The third-order valence-corrected chi connectivity index (χ3v) is 2.03. The van der Waals surface area contributed by atoms with E-state index in [4.69, 9.17) is 9.84 Å². The van der Waals surface area contributed by atoms with Gasteiger partial charge in [0.15, 0.2) is 0 Å². The molecule has 0 bridgehead atoms. The van der Waals surface area contributed by atoms with E-state index < -0.39 is 11.6 Å². The smallest absolute Gasteiger partial charge is 0.352 e. The van der Waals surface area contributed by atoms with E-state index in [0.717, 1.165) is 0 Å². The molecule has 0 saturated carbocycles. The Morgan fingerprint density at radius 1 is 1.41 bits per heavy atom. The fourth-order valence-electron chi connectivity index (χ4n) is 1.41. The van der Waals surface area contributed by atoms with E-state index in [1.165, 1.54) is 10.6 Å². The van der Waals surface area contributed by atoms with Gasteiger partial charge in [-0.15, -0.1) is 0 Å². The second-order valence-electron chi connectivity index (χ2n) is 4.73. The number of hydrogen-bond acceptors (Lipinski definition) is 3. The molecule has 1 rings (SSSR count). The number of hydrogen-bond donors (Lipinski definition) is 1. The first-order chi connectivity index (χ1) is 7.79. The van der Waals surface area contributed by atoms with Crippen LogP contribution in [0.5, 0.6) is 0 Å². The summed E-state index contributed by atoms with van der Waals surface area (Å²) in [6, 6.07) is 3.13. The van der Waals surface area contributed by atoms with Crippen molar-refractivity contribution < 1.29 is 19.4 Å². The second-order valence-corrected chi connectivity index (χ2v) is 4.73. The normalized spacial score (nSPS) is 11.2. The molecule has 0 amide bonds. The lowest BCUT2D eigenvalue weighted by molar-refractivity contribution is -0.155. The summed E-state index contributed by atoms with van der Waals surface area (Å²) >= 11 is 0. The first-order valence-corrected chi connectivity index (χ1v) is 5.40. The number of carbonyl (C=O) groups is 2. The zero-order valence-corrected chi connectivity index (χ0v) is 10.3. The van der Waals surface area contributed by atoms with Crippen LogP contribution in [0, 0.1) is 0 Å². The lowest BCUT2D eigenvalue weighted by Crippen LogP contribution is -2.24. The molecule has 0 aliphatic heterocycles. The van der Waals surface area contributed by atoms with E-state index in [1.807, 2.05) is 0 Å². The Kier molecular flexibility index (Phi) is 3.93. The highest BCUT2D eigenvalue weighted by Gasteiger charge is 2.16. The molecule has 0 atom stereocenters. The molecule has 0 aliphatic carbocycles. The van der Waals surface area contributed by atoms with Crippen molar-refractivity contribution in [1.82, 2.24) is 4.57 Å². The van der Waals surface area contributed by atoms with Crippen molar-refractivity contribution in [3.05, 3.63) is 24.0 Å². The molecule has 1 aromatic heterocycles. The summed E-state index contributed by atoms with van der Waals surface area (Å²) in [5.41, 5.74) is -0.336. The summed E-state index contributed by atoms with van der Waals surface area (Å²) in [5.74, 6) is -1.33. The zero-order valence-electron chi connectivity index (χ0n) is 10.3. The number of aromatic nitrogens is 1. The van der Waals surface area contributed by atoms with Crippen LogP contribution in [-0.4, -0.2) is 27.2 Å². The lowest BCUT2D eigenvalue weighted by Gasteiger charge is -2.19. The summed E-state index contributed by atoms with van der Waals surface area (Å²) in [7, 11) is 0. The maximum absolute atomic E-state index is 11.5. The molecular formula is C12H17NO4. The van der Waals surface area contributed by atoms with Crippen LogP contribution in [0.2, 0.25) is 0 Å². The Labute approximate surface area is 100 Å². The Balaban J connectivity index is 2.53. The van der Waals surface area contributed by atoms with Crippen molar-refractivity contribution in [3.8, 4) is 0 Å². The number of esters is 1. The highest BCUT2D eigenvalue weighted by Crippen LogP contribution is 2.10. The van der Waals surface area contributed by atoms with Gasteiger partial charge < -0.3 is 14.4 Å². The molecule has 17 heavy (non-hydrogen) atoms. The SMILES string of the molecule is CC(C)(C)OC(=O)CCn1cccc1C(=O)O. The molecule has 0 fully saturated rings. The van der Waals surface area contributed by atoms with Gasteiger partial charge in [-0.3, -0.25) is 4.79 Å². The first-order valence-electron chi connectivity index (χ1n) is 5.40. The van der Waals surface area contributed by atoms with Crippen LogP contribution in [0.15, 0.2) is 18.3 Å². The van der Waals surface area contributed by atoms with Crippen molar-refractivity contribution >= 4 is 11.9 Å².